The fourth-order valence-corrected chi connectivity index (χ4v) is 5.56. The van der Waals surface area contributed by atoms with Crippen LogP contribution in [-0.4, -0.2) is 22.8 Å². The third kappa shape index (κ3) is 3.78. The van der Waals surface area contributed by atoms with Gasteiger partial charge in [-0.3, -0.25) is 9.59 Å². The Balaban J connectivity index is 1.08. The number of hydrogen-bond donors (Lipinski definition) is 1. The summed E-state index contributed by atoms with van der Waals surface area (Å²) in [4.78, 5) is 29.0. The van der Waals surface area contributed by atoms with Gasteiger partial charge in [-0.15, -0.1) is 0 Å². The van der Waals surface area contributed by atoms with Crippen molar-refractivity contribution in [3.8, 4) is 28.6 Å². The Kier molecular flexibility index (Phi) is 4.92. The van der Waals surface area contributed by atoms with E-state index in [9.17, 15) is 9.59 Å². The van der Waals surface area contributed by atoms with Crippen LogP contribution < -0.4 is 14.8 Å². The molecule has 0 radical (unpaired) electrons. The molecule has 3 aliphatic rings. The average Bonchev–Trinajstić information content (AvgIpc) is 3.23. The molecule has 4 aromatic rings. The molecule has 2 aliphatic heterocycles. The zero-order valence-electron chi connectivity index (χ0n) is 20.2. The van der Waals surface area contributed by atoms with Gasteiger partial charge in [-0.1, -0.05) is 30.3 Å². The SMILES string of the molecule is Cc1cc(Oc2ccnc3c2CCC(=O)N3)cc2c1O[C@@H]1[C@@H](CC(=O)c3ccc(-c4ccccc4)o3)[C@H]21. The number of carbonyl (C=O) groups excluding carboxylic acids is 2. The predicted molar refractivity (Wildman–Crippen MR) is 136 cm³/mol. The summed E-state index contributed by atoms with van der Waals surface area (Å²) in [5.41, 5.74) is 3.93. The van der Waals surface area contributed by atoms with E-state index in [1.165, 1.54) is 0 Å². The van der Waals surface area contributed by atoms with Crippen LogP contribution >= 0.6 is 0 Å². The van der Waals surface area contributed by atoms with Crippen molar-refractivity contribution in [3.05, 3.63) is 89.3 Å². The van der Waals surface area contributed by atoms with Crippen LogP contribution in [0.3, 0.4) is 0 Å². The number of fused-ring (bicyclic) bond motifs is 4. The number of rotatable bonds is 6. The summed E-state index contributed by atoms with van der Waals surface area (Å²) >= 11 is 0. The molecule has 37 heavy (non-hydrogen) atoms. The van der Waals surface area contributed by atoms with Crippen LogP contribution in [0, 0.1) is 12.8 Å². The van der Waals surface area contributed by atoms with E-state index in [1.807, 2.05) is 61.5 Å². The third-order valence-corrected chi connectivity index (χ3v) is 7.45. The molecular formula is C30H24N2O5. The second-order valence-corrected chi connectivity index (χ2v) is 9.87. The minimum atomic E-state index is -0.0334. The average molecular weight is 493 g/mol. The summed E-state index contributed by atoms with van der Waals surface area (Å²) in [5.74, 6) is 4.15. The molecule has 2 aromatic carbocycles. The highest BCUT2D eigenvalue weighted by molar-refractivity contribution is 5.95. The van der Waals surface area contributed by atoms with Crippen molar-refractivity contribution < 1.29 is 23.5 Å². The van der Waals surface area contributed by atoms with Crippen LogP contribution in [0.15, 0.2) is 71.3 Å². The molecule has 1 fully saturated rings. The van der Waals surface area contributed by atoms with Gasteiger partial charge in [0.15, 0.2) is 11.5 Å². The summed E-state index contributed by atoms with van der Waals surface area (Å²) in [6.07, 6.45) is 3.01. The van der Waals surface area contributed by atoms with E-state index in [1.54, 1.807) is 12.3 Å². The van der Waals surface area contributed by atoms with Crippen LogP contribution in [0.2, 0.25) is 0 Å². The fourth-order valence-electron chi connectivity index (χ4n) is 5.56. The first-order chi connectivity index (χ1) is 18.0. The van der Waals surface area contributed by atoms with E-state index >= 15 is 0 Å². The molecule has 7 heteroatoms. The first-order valence-corrected chi connectivity index (χ1v) is 12.5. The van der Waals surface area contributed by atoms with Crippen LogP contribution in [0.4, 0.5) is 5.82 Å². The first-order valence-electron chi connectivity index (χ1n) is 12.5. The number of aromatic nitrogens is 1. The van der Waals surface area contributed by atoms with Crippen molar-refractivity contribution in [1.29, 1.82) is 0 Å². The molecule has 1 N–H and O–H groups in total. The number of ether oxygens (including phenoxy) is 2. The zero-order valence-corrected chi connectivity index (χ0v) is 20.2. The largest absolute Gasteiger partial charge is 0.489 e. The van der Waals surface area contributed by atoms with E-state index < -0.39 is 0 Å². The minimum absolute atomic E-state index is 0.000327. The van der Waals surface area contributed by atoms with Crippen LogP contribution in [0.1, 0.15) is 46.0 Å². The van der Waals surface area contributed by atoms with Crippen molar-refractivity contribution in [2.75, 3.05) is 5.32 Å². The minimum Gasteiger partial charge on any atom is -0.489 e. The number of Topliss-reactive ketones (excluding diaryl/α,β-unsaturated/α-hetero) is 1. The van der Waals surface area contributed by atoms with E-state index in [0.717, 1.165) is 28.0 Å². The Hall–Kier alpha value is -4.39. The maximum atomic E-state index is 13.0. The highest BCUT2D eigenvalue weighted by Crippen LogP contribution is 2.61. The van der Waals surface area contributed by atoms with Gasteiger partial charge in [0.25, 0.3) is 0 Å². The second-order valence-electron chi connectivity index (χ2n) is 9.87. The van der Waals surface area contributed by atoms with Gasteiger partial charge in [-0.2, -0.15) is 0 Å². The van der Waals surface area contributed by atoms with Gasteiger partial charge in [0.1, 0.15) is 34.9 Å². The summed E-state index contributed by atoms with van der Waals surface area (Å²) in [6, 6.07) is 19.2. The Bertz CT molecular complexity index is 1560. The Morgan fingerprint density at radius 2 is 1.97 bits per heavy atom. The molecule has 3 atom stereocenters. The van der Waals surface area contributed by atoms with Crippen molar-refractivity contribution >= 4 is 17.5 Å². The topological polar surface area (TPSA) is 90.7 Å². The summed E-state index contributed by atoms with van der Waals surface area (Å²) in [5, 5.41) is 2.81. The number of aryl methyl sites for hydroxylation is 1. The van der Waals surface area contributed by atoms with E-state index in [2.05, 4.69) is 10.3 Å². The molecular weight excluding hydrogens is 468 g/mol. The highest BCUT2D eigenvalue weighted by Gasteiger charge is 2.59. The van der Waals surface area contributed by atoms with Crippen molar-refractivity contribution in [2.45, 2.75) is 38.2 Å². The van der Waals surface area contributed by atoms with Gasteiger partial charge >= 0.3 is 0 Å². The molecule has 1 amide bonds. The lowest BCUT2D eigenvalue weighted by Gasteiger charge is -2.19. The Labute approximate surface area is 213 Å². The van der Waals surface area contributed by atoms with Crippen LogP contribution in [0.25, 0.3) is 11.3 Å². The molecule has 2 aromatic heterocycles. The van der Waals surface area contributed by atoms with Crippen LogP contribution in [-0.2, 0) is 11.2 Å². The van der Waals surface area contributed by atoms with E-state index in [-0.39, 0.29) is 29.6 Å². The number of anilines is 1. The van der Waals surface area contributed by atoms with Gasteiger partial charge in [0, 0.05) is 47.6 Å². The summed E-state index contributed by atoms with van der Waals surface area (Å²) < 4.78 is 18.4. The molecule has 0 spiro atoms. The number of nitrogens with zero attached hydrogens (tertiary/aromatic N) is 1. The number of pyridine rings is 1. The number of nitrogens with one attached hydrogen (secondary N) is 1. The zero-order chi connectivity index (χ0) is 25.1. The van der Waals surface area contributed by atoms with Crippen molar-refractivity contribution in [1.82, 2.24) is 4.98 Å². The smallest absolute Gasteiger partial charge is 0.225 e. The first kappa shape index (κ1) is 21.9. The second kappa shape index (κ2) is 8.34. The van der Waals surface area contributed by atoms with Gasteiger partial charge < -0.3 is 19.2 Å². The molecule has 1 aliphatic carbocycles. The predicted octanol–water partition coefficient (Wildman–Crippen LogP) is 6.07. The maximum absolute atomic E-state index is 13.0. The van der Waals surface area contributed by atoms with Crippen molar-refractivity contribution in [3.63, 3.8) is 0 Å². The molecule has 7 nitrogen and oxygen atoms in total. The van der Waals surface area contributed by atoms with Gasteiger partial charge in [-0.05, 0) is 49.2 Å². The van der Waals surface area contributed by atoms with E-state index in [0.29, 0.717) is 48.1 Å². The number of furan rings is 1. The number of ketones is 1. The molecule has 184 valence electrons. The lowest BCUT2D eigenvalue weighted by atomic mass is 10.0. The molecule has 7 rings (SSSR count). The molecule has 0 unspecified atom stereocenters. The van der Waals surface area contributed by atoms with E-state index in [4.69, 9.17) is 13.9 Å². The maximum Gasteiger partial charge on any atom is 0.225 e. The molecule has 4 heterocycles. The Morgan fingerprint density at radius 1 is 1.11 bits per heavy atom. The Morgan fingerprint density at radius 3 is 2.84 bits per heavy atom. The number of amides is 1. The normalized spacial score (nSPS) is 20.8. The van der Waals surface area contributed by atoms with Gasteiger partial charge in [0.2, 0.25) is 5.91 Å². The standard InChI is InChI=1S/C30H24N2O5/c1-16-13-18(35-24-11-12-31-30-19(24)7-10-26(34)32-30)14-20-27-21(29(27)37-28(16)20)15-22(33)25-9-8-23(36-25)17-5-3-2-4-6-17/h2-6,8-9,11-14,21,27,29H,7,10,15H2,1H3,(H,31,32,34)/t21-,27-,29+/m0/s1. The number of hydrogen-bond acceptors (Lipinski definition) is 6. The van der Waals surface area contributed by atoms with Crippen LogP contribution in [0.5, 0.6) is 17.2 Å². The quantitative estimate of drug-likeness (QED) is 0.328. The monoisotopic (exact) mass is 492 g/mol. The molecule has 1 saturated carbocycles. The number of benzene rings is 2. The van der Waals surface area contributed by atoms with Crippen molar-refractivity contribution in [2.24, 2.45) is 5.92 Å². The molecule has 0 bridgehead atoms. The fraction of sp³-hybridized carbons (Fsp3) is 0.233. The molecule has 0 saturated heterocycles. The lowest BCUT2D eigenvalue weighted by molar-refractivity contribution is -0.116. The lowest BCUT2D eigenvalue weighted by Crippen LogP contribution is -2.20. The summed E-state index contributed by atoms with van der Waals surface area (Å²) in [7, 11) is 0. The summed E-state index contributed by atoms with van der Waals surface area (Å²) in [6.45, 7) is 2.01. The van der Waals surface area contributed by atoms with Gasteiger partial charge in [-0.25, -0.2) is 4.98 Å². The third-order valence-electron chi connectivity index (χ3n) is 7.45. The highest BCUT2D eigenvalue weighted by atomic mass is 16.5. The number of carbonyl (C=O) groups is 2. The van der Waals surface area contributed by atoms with Gasteiger partial charge in [0.05, 0.1) is 0 Å².